The van der Waals surface area contributed by atoms with Crippen LogP contribution in [0.4, 0.5) is 11.4 Å². The molecule has 0 aliphatic heterocycles. The number of aryl methyl sites for hydroxylation is 1. The highest BCUT2D eigenvalue weighted by atomic mass is 16.5. The summed E-state index contributed by atoms with van der Waals surface area (Å²) in [6.07, 6.45) is 3.09. The molecule has 0 heterocycles. The van der Waals surface area contributed by atoms with Crippen LogP contribution in [0.15, 0.2) is 72.8 Å². The van der Waals surface area contributed by atoms with E-state index >= 15 is 0 Å². The van der Waals surface area contributed by atoms with Crippen LogP contribution in [0.25, 0.3) is 6.08 Å². The van der Waals surface area contributed by atoms with Crippen molar-refractivity contribution in [2.45, 2.75) is 13.8 Å². The molecule has 0 bridgehead atoms. The number of nitrogens with one attached hydrogen (secondary N) is 2. The van der Waals surface area contributed by atoms with Crippen LogP contribution in [0.2, 0.25) is 0 Å². The van der Waals surface area contributed by atoms with Crippen molar-refractivity contribution < 1.29 is 14.3 Å². The maximum atomic E-state index is 12.8. The highest BCUT2D eigenvalue weighted by molar-refractivity contribution is 6.12. The first-order valence-corrected chi connectivity index (χ1v) is 9.58. The van der Waals surface area contributed by atoms with Gasteiger partial charge in [0.2, 0.25) is 5.91 Å². The van der Waals surface area contributed by atoms with Crippen LogP contribution in [0.3, 0.4) is 0 Å². The molecule has 0 atom stereocenters. The van der Waals surface area contributed by atoms with Gasteiger partial charge >= 0.3 is 0 Å². The van der Waals surface area contributed by atoms with Crippen molar-refractivity contribution in [3.8, 4) is 5.75 Å². The SMILES string of the molecule is COc1ccccc1/C=C/C(=O)Nc1ccccc1C(=O)Nc1cccc(C)c1C. The third-order valence-electron chi connectivity index (χ3n) is 4.84. The summed E-state index contributed by atoms with van der Waals surface area (Å²) < 4.78 is 5.29. The number of anilines is 2. The molecule has 152 valence electrons. The van der Waals surface area contributed by atoms with E-state index < -0.39 is 0 Å². The Morgan fingerprint density at radius 3 is 2.33 bits per heavy atom. The van der Waals surface area contributed by atoms with E-state index in [0.717, 1.165) is 22.4 Å². The molecule has 2 N–H and O–H groups in total. The first-order chi connectivity index (χ1) is 14.5. The van der Waals surface area contributed by atoms with E-state index in [2.05, 4.69) is 10.6 Å². The number of methoxy groups -OCH3 is 1. The number of carbonyl (C=O) groups excluding carboxylic acids is 2. The molecule has 2 amide bonds. The first kappa shape index (κ1) is 20.9. The van der Waals surface area contributed by atoms with E-state index in [1.807, 2.05) is 56.3 Å². The molecule has 0 spiro atoms. The Morgan fingerprint density at radius 1 is 0.833 bits per heavy atom. The van der Waals surface area contributed by atoms with Crippen LogP contribution in [-0.2, 0) is 4.79 Å². The molecule has 0 saturated carbocycles. The Hall–Kier alpha value is -3.86. The van der Waals surface area contributed by atoms with Gasteiger partial charge in [-0.3, -0.25) is 9.59 Å². The molecule has 0 radical (unpaired) electrons. The fourth-order valence-corrected chi connectivity index (χ4v) is 3.01. The largest absolute Gasteiger partial charge is 0.496 e. The summed E-state index contributed by atoms with van der Waals surface area (Å²) >= 11 is 0. The summed E-state index contributed by atoms with van der Waals surface area (Å²) in [5, 5.41) is 5.71. The Kier molecular flexibility index (Phi) is 6.65. The van der Waals surface area contributed by atoms with Crippen molar-refractivity contribution in [2.75, 3.05) is 17.7 Å². The molecule has 30 heavy (non-hydrogen) atoms. The number of hydrogen-bond acceptors (Lipinski definition) is 3. The number of para-hydroxylation sites is 2. The van der Waals surface area contributed by atoms with Gasteiger partial charge in [-0.2, -0.15) is 0 Å². The minimum atomic E-state index is -0.340. The van der Waals surface area contributed by atoms with Gasteiger partial charge in [0.25, 0.3) is 5.91 Å². The van der Waals surface area contributed by atoms with Gasteiger partial charge in [0, 0.05) is 17.3 Å². The van der Waals surface area contributed by atoms with Crippen LogP contribution in [0, 0.1) is 13.8 Å². The standard InChI is InChI=1S/C25H24N2O3/c1-17-9-8-13-21(18(17)2)27-25(29)20-11-5-6-12-22(20)26-24(28)16-15-19-10-4-7-14-23(19)30-3/h4-16H,1-3H3,(H,26,28)(H,27,29)/b16-15+. The maximum Gasteiger partial charge on any atom is 0.257 e. The zero-order valence-corrected chi connectivity index (χ0v) is 17.2. The van der Waals surface area contributed by atoms with Crippen LogP contribution in [-0.4, -0.2) is 18.9 Å². The van der Waals surface area contributed by atoms with Crippen molar-refractivity contribution in [1.82, 2.24) is 0 Å². The van der Waals surface area contributed by atoms with Gasteiger partial charge in [-0.1, -0.05) is 42.5 Å². The molecule has 0 aliphatic carbocycles. The lowest BCUT2D eigenvalue weighted by molar-refractivity contribution is -0.111. The van der Waals surface area contributed by atoms with Crippen LogP contribution in [0.5, 0.6) is 5.75 Å². The summed E-state index contributed by atoms with van der Waals surface area (Å²) in [4.78, 5) is 25.3. The highest BCUT2D eigenvalue weighted by Gasteiger charge is 2.14. The molecule has 0 unspecified atom stereocenters. The van der Waals surface area contributed by atoms with Gasteiger partial charge in [-0.25, -0.2) is 0 Å². The molecule has 3 aromatic rings. The Balaban J connectivity index is 1.76. The summed E-state index contributed by atoms with van der Waals surface area (Å²) in [7, 11) is 1.58. The molecule has 5 nitrogen and oxygen atoms in total. The van der Waals surface area contributed by atoms with Gasteiger partial charge in [-0.15, -0.1) is 0 Å². The fourth-order valence-electron chi connectivity index (χ4n) is 3.01. The number of amides is 2. The molecular formula is C25H24N2O3. The summed E-state index contributed by atoms with van der Waals surface area (Å²) in [6, 6.07) is 20.1. The Bertz CT molecular complexity index is 1100. The monoisotopic (exact) mass is 400 g/mol. The van der Waals surface area contributed by atoms with Crippen molar-refractivity contribution in [1.29, 1.82) is 0 Å². The molecule has 0 fully saturated rings. The molecule has 3 aromatic carbocycles. The Morgan fingerprint density at radius 2 is 1.53 bits per heavy atom. The zero-order valence-electron chi connectivity index (χ0n) is 17.2. The number of ether oxygens (including phenoxy) is 1. The average Bonchev–Trinajstić information content (AvgIpc) is 2.76. The van der Waals surface area contributed by atoms with E-state index in [0.29, 0.717) is 17.0 Å². The lowest BCUT2D eigenvalue weighted by Crippen LogP contribution is -2.17. The minimum Gasteiger partial charge on any atom is -0.496 e. The molecule has 0 saturated heterocycles. The summed E-state index contributed by atoms with van der Waals surface area (Å²) in [6.45, 7) is 3.95. The second-order valence-corrected chi connectivity index (χ2v) is 6.81. The second kappa shape index (κ2) is 9.56. The van der Waals surface area contributed by atoms with Crippen molar-refractivity contribution in [3.63, 3.8) is 0 Å². The van der Waals surface area contributed by atoms with Crippen molar-refractivity contribution in [3.05, 3.63) is 95.1 Å². The molecule has 0 aromatic heterocycles. The van der Waals surface area contributed by atoms with Gasteiger partial charge in [0.15, 0.2) is 0 Å². The minimum absolute atomic E-state index is 0.284. The number of rotatable bonds is 6. The fraction of sp³-hybridized carbons (Fsp3) is 0.120. The zero-order chi connectivity index (χ0) is 21.5. The van der Waals surface area contributed by atoms with Crippen molar-refractivity contribution >= 4 is 29.3 Å². The molecule has 3 rings (SSSR count). The highest BCUT2D eigenvalue weighted by Crippen LogP contribution is 2.22. The van der Waals surface area contributed by atoms with Crippen LogP contribution >= 0.6 is 0 Å². The van der Waals surface area contributed by atoms with Gasteiger partial charge in [0.1, 0.15) is 5.75 Å². The third kappa shape index (κ3) is 4.94. The van der Waals surface area contributed by atoms with E-state index in [-0.39, 0.29) is 11.8 Å². The van der Waals surface area contributed by atoms with E-state index in [4.69, 9.17) is 4.74 Å². The lowest BCUT2D eigenvalue weighted by atomic mass is 10.1. The summed E-state index contributed by atoms with van der Waals surface area (Å²) in [5.41, 5.74) is 4.46. The topological polar surface area (TPSA) is 67.4 Å². The number of hydrogen-bond donors (Lipinski definition) is 2. The average molecular weight is 400 g/mol. The predicted octanol–water partition coefficient (Wildman–Crippen LogP) is 5.22. The first-order valence-electron chi connectivity index (χ1n) is 9.58. The predicted molar refractivity (Wildman–Crippen MR) is 121 cm³/mol. The van der Waals surface area contributed by atoms with Crippen LogP contribution < -0.4 is 15.4 Å². The number of carbonyl (C=O) groups is 2. The van der Waals surface area contributed by atoms with Gasteiger partial charge < -0.3 is 15.4 Å². The van der Waals surface area contributed by atoms with Crippen molar-refractivity contribution in [2.24, 2.45) is 0 Å². The summed E-state index contributed by atoms with van der Waals surface area (Å²) in [5.74, 6) is 0.0519. The van der Waals surface area contributed by atoms with E-state index in [9.17, 15) is 9.59 Å². The normalized spacial score (nSPS) is 10.6. The lowest BCUT2D eigenvalue weighted by Gasteiger charge is -2.13. The molecule has 5 heteroatoms. The Labute approximate surface area is 176 Å². The van der Waals surface area contributed by atoms with Gasteiger partial charge in [-0.05, 0) is 55.3 Å². The molecular weight excluding hydrogens is 376 g/mol. The number of benzene rings is 3. The molecule has 0 aliphatic rings. The third-order valence-corrected chi connectivity index (χ3v) is 4.84. The van der Waals surface area contributed by atoms with Gasteiger partial charge in [0.05, 0.1) is 18.4 Å². The second-order valence-electron chi connectivity index (χ2n) is 6.81. The van der Waals surface area contributed by atoms with E-state index in [1.165, 1.54) is 6.08 Å². The van der Waals surface area contributed by atoms with Crippen LogP contribution in [0.1, 0.15) is 27.0 Å². The smallest absolute Gasteiger partial charge is 0.257 e. The van der Waals surface area contributed by atoms with E-state index in [1.54, 1.807) is 37.5 Å². The maximum absolute atomic E-state index is 12.8. The quantitative estimate of drug-likeness (QED) is 0.558.